The fourth-order valence-electron chi connectivity index (χ4n) is 3.20. The van der Waals surface area contributed by atoms with Crippen LogP contribution < -0.4 is 10.1 Å². The second-order valence-electron chi connectivity index (χ2n) is 6.76. The van der Waals surface area contributed by atoms with Crippen molar-refractivity contribution in [3.8, 4) is 17.5 Å². The number of nitro benzene ring substituents is 1. The van der Waals surface area contributed by atoms with E-state index in [1.54, 1.807) is 6.92 Å². The maximum Gasteiger partial charge on any atom is 0.272 e. The molecule has 0 saturated carbocycles. The van der Waals surface area contributed by atoms with Gasteiger partial charge in [-0.05, 0) is 50.6 Å². The van der Waals surface area contributed by atoms with E-state index in [2.05, 4.69) is 11.4 Å². The van der Waals surface area contributed by atoms with Crippen molar-refractivity contribution in [2.24, 2.45) is 0 Å². The molecule has 0 bridgehead atoms. The van der Waals surface area contributed by atoms with Crippen molar-refractivity contribution in [3.63, 3.8) is 0 Å². The maximum absolute atomic E-state index is 12.6. The monoisotopic (exact) mass is 404 g/mol. The van der Waals surface area contributed by atoms with Crippen molar-refractivity contribution in [2.75, 3.05) is 11.9 Å². The number of ether oxygens (including phenoxy) is 1. The summed E-state index contributed by atoms with van der Waals surface area (Å²) in [6, 6.07) is 15.9. The standard InChI is InChI=1S/C22H20N4O4/c1-14-11-18(9-10-20(14)26(28)29)30-13-21(27)24-22-19(12-23)15(2)16(3)25(22)17-7-5-4-6-8-17/h4-11H,13H2,1-3H3,(H,24,27). The number of nitrogens with zero attached hydrogens (tertiary/aromatic N) is 3. The van der Waals surface area contributed by atoms with Crippen LogP contribution in [0.2, 0.25) is 0 Å². The molecule has 0 spiro atoms. The third kappa shape index (κ3) is 4.00. The van der Waals surface area contributed by atoms with Gasteiger partial charge in [-0.15, -0.1) is 0 Å². The number of nitrogens with one attached hydrogen (secondary N) is 1. The van der Waals surface area contributed by atoms with Gasteiger partial charge in [-0.25, -0.2) is 0 Å². The number of anilines is 1. The van der Waals surface area contributed by atoms with Gasteiger partial charge in [-0.1, -0.05) is 18.2 Å². The van der Waals surface area contributed by atoms with Crippen LogP contribution >= 0.6 is 0 Å². The number of hydrogen-bond donors (Lipinski definition) is 1. The van der Waals surface area contributed by atoms with Crippen LogP contribution in [-0.4, -0.2) is 22.0 Å². The zero-order valence-electron chi connectivity index (χ0n) is 16.8. The lowest BCUT2D eigenvalue weighted by Crippen LogP contribution is -2.22. The number of rotatable bonds is 6. The summed E-state index contributed by atoms with van der Waals surface area (Å²) in [7, 11) is 0. The minimum Gasteiger partial charge on any atom is -0.484 e. The Hall–Kier alpha value is -4.12. The largest absolute Gasteiger partial charge is 0.484 e. The van der Waals surface area contributed by atoms with Gasteiger partial charge >= 0.3 is 0 Å². The highest BCUT2D eigenvalue weighted by Crippen LogP contribution is 2.30. The molecule has 1 amide bonds. The summed E-state index contributed by atoms with van der Waals surface area (Å²) >= 11 is 0. The van der Waals surface area contributed by atoms with E-state index >= 15 is 0 Å². The molecule has 0 aliphatic heterocycles. The number of para-hydroxylation sites is 1. The first-order valence-corrected chi connectivity index (χ1v) is 9.18. The summed E-state index contributed by atoms with van der Waals surface area (Å²) in [6.45, 7) is 5.01. The highest BCUT2D eigenvalue weighted by Gasteiger charge is 2.21. The Bertz CT molecular complexity index is 1160. The Morgan fingerprint density at radius 2 is 1.90 bits per heavy atom. The number of amides is 1. The Kier molecular flexibility index (Phi) is 5.83. The zero-order chi connectivity index (χ0) is 21.8. The minimum atomic E-state index is -0.475. The van der Waals surface area contributed by atoms with E-state index < -0.39 is 10.8 Å². The second kappa shape index (κ2) is 8.49. The number of carbonyl (C=O) groups is 1. The number of nitro groups is 1. The fraction of sp³-hybridized carbons (Fsp3) is 0.182. The number of aromatic nitrogens is 1. The van der Waals surface area contributed by atoms with Gasteiger partial charge in [0.15, 0.2) is 6.61 Å². The van der Waals surface area contributed by atoms with E-state index in [0.29, 0.717) is 22.7 Å². The highest BCUT2D eigenvalue weighted by atomic mass is 16.6. The summed E-state index contributed by atoms with van der Waals surface area (Å²) in [5.41, 5.74) is 3.26. The molecule has 30 heavy (non-hydrogen) atoms. The number of carbonyl (C=O) groups excluding carboxylic acids is 1. The van der Waals surface area contributed by atoms with Crippen LogP contribution in [0.3, 0.4) is 0 Å². The normalized spacial score (nSPS) is 10.3. The molecule has 0 atom stereocenters. The molecule has 1 heterocycles. The van der Waals surface area contributed by atoms with Crippen LogP contribution in [-0.2, 0) is 4.79 Å². The number of hydrogen-bond acceptors (Lipinski definition) is 5. The van der Waals surface area contributed by atoms with Gasteiger partial charge in [0.1, 0.15) is 17.6 Å². The fourth-order valence-corrected chi connectivity index (χ4v) is 3.20. The Morgan fingerprint density at radius 1 is 1.20 bits per heavy atom. The Morgan fingerprint density at radius 3 is 2.50 bits per heavy atom. The van der Waals surface area contributed by atoms with Crippen molar-refractivity contribution in [2.45, 2.75) is 20.8 Å². The van der Waals surface area contributed by atoms with Crippen LogP contribution in [0.25, 0.3) is 5.69 Å². The van der Waals surface area contributed by atoms with Crippen LogP contribution in [0.5, 0.6) is 5.75 Å². The molecular formula is C22H20N4O4. The molecule has 0 aliphatic rings. The molecule has 8 heteroatoms. The summed E-state index contributed by atoms with van der Waals surface area (Å²) in [5, 5.41) is 23.3. The first-order chi connectivity index (χ1) is 14.3. The van der Waals surface area contributed by atoms with Gasteiger partial charge in [0.05, 0.1) is 10.5 Å². The number of benzene rings is 2. The van der Waals surface area contributed by atoms with Crippen LogP contribution in [0.4, 0.5) is 11.5 Å². The average molecular weight is 404 g/mol. The lowest BCUT2D eigenvalue weighted by Gasteiger charge is -2.13. The Labute approximate surface area is 173 Å². The molecule has 152 valence electrons. The second-order valence-corrected chi connectivity index (χ2v) is 6.76. The molecule has 2 aromatic carbocycles. The summed E-state index contributed by atoms with van der Waals surface area (Å²) < 4.78 is 7.31. The highest BCUT2D eigenvalue weighted by molar-refractivity contribution is 5.93. The molecule has 0 fully saturated rings. The van der Waals surface area contributed by atoms with E-state index in [9.17, 15) is 20.2 Å². The van der Waals surface area contributed by atoms with Gasteiger partial charge in [-0.3, -0.25) is 19.5 Å². The summed E-state index contributed by atoms with van der Waals surface area (Å²) in [6.07, 6.45) is 0. The lowest BCUT2D eigenvalue weighted by atomic mass is 10.2. The number of nitriles is 1. The molecule has 8 nitrogen and oxygen atoms in total. The molecule has 0 aliphatic carbocycles. The third-order valence-corrected chi connectivity index (χ3v) is 4.83. The van der Waals surface area contributed by atoms with Crippen LogP contribution in [0, 0.1) is 42.2 Å². The van der Waals surface area contributed by atoms with Crippen molar-refractivity contribution < 1.29 is 14.5 Å². The van der Waals surface area contributed by atoms with Crippen LogP contribution in [0.15, 0.2) is 48.5 Å². The average Bonchev–Trinajstić information content (AvgIpc) is 2.96. The minimum absolute atomic E-state index is 0.0166. The van der Waals surface area contributed by atoms with Gasteiger partial charge < -0.3 is 10.1 Å². The van der Waals surface area contributed by atoms with Gasteiger partial charge in [0.2, 0.25) is 0 Å². The van der Waals surface area contributed by atoms with Crippen molar-refractivity contribution >= 4 is 17.4 Å². The topological polar surface area (TPSA) is 110 Å². The predicted molar refractivity (Wildman–Crippen MR) is 112 cm³/mol. The quantitative estimate of drug-likeness (QED) is 0.489. The van der Waals surface area contributed by atoms with Gasteiger partial charge in [-0.2, -0.15) is 5.26 Å². The maximum atomic E-state index is 12.6. The zero-order valence-corrected chi connectivity index (χ0v) is 16.8. The molecular weight excluding hydrogens is 384 g/mol. The number of aryl methyl sites for hydroxylation is 1. The first kappa shape index (κ1) is 20.6. The molecule has 0 saturated heterocycles. The summed E-state index contributed by atoms with van der Waals surface area (Å²) in [4.78, 5) is 23.0. The van der Waals surface area contributed by atoms with Crippen molar-refractivity contribution in [1.82, 2.24) is 4.57 Å². The smallest absolute Gasteiger partial charge is 0.272 e. The third-order valence-electron chi connectivity index (χ3n) is 4.83. The molecule has 0 unspecified atom stereocenters. The SMILES string of the molecule is Cc1cc(OCC(=O)Nc2c(C#N)c(C)c(C)n2-c2ccccc2)ccc1[N+](=O)[O-]. The molecule has 3 aromatic rings. The van der Waals surface area contributed by atoms with Gasteiger partial charge in [0.25, 0.3) is 11.6 Å². The Balaban J connectivity index is 1.82. The van der Waals surface area contributed by atoms with Crippen molar-refractivity contribution in [1.29, 1.82) is 5.26 Å². The molecule has 0 radical (unpaired) electrons. The van der Waals surface area contributed by atoms with E-state index in [-0.39, 0.29) is 12.3 Å². The van der Waals surface area contributed by atoms with E-state index in [0.717, 1.165) is 16.9 Å². The molecule has 1 aromatic heterocycles. The molecule has 1 N–H and O–H groups in total. The first-order valence-electron chi connectivity index (χ1n) is 9.18. The van der Waals surface area contributed by atoms with E-state index in [1.165, 1.54) is 18.2 Å². The van der Waals surface area contributed by atoms with E-state index in [1.807, 2.05) is 48.7 Å². The summed E-state index contributed by atoms with van der Waals surface area (Å²) in [5.74, 6) is 0.281. The lowest BCUT2D eigenvalue weighted by molar-refractivity contribution is -0.385. The van der Waals surface area contributed by atoms with E-state index in [4.69, 9.17) is 4.74 Å². The van der Waals surface area contributed by atoms with Gasteiger partial charge in [0, 0.05) is 23.0 Å². The van der Waals surface area contributed by atoms with Crippen molar-refractivity contribution in [3.05, 3.63) is 81.0 Å². The van der Waals surface area contributed by atoms with Crippen LogP contribution in [0.1, 0.15) is 22.4 Å². The molecule has 3 rings (SSSR count). The predicted octanol–water partition coefficient (Wildman–Crippen LogP) is 4.20.